The normalized spacial score (nSPS) is 14.2. The van der Waals surface area contributed by atoms with Gasteiger partial charge in [-0.25, -0.2) is 4.79 Å². The van der Waals surface area contributed by atoms with E-state index in [9.17, 15) is 15.3 Å². The zero-order valence-electron chi connectivity index (χ0n) is 27.0. The molecule has 40 heavy (non-hydrogen) atoms. The molecule has 226 valence electrons. The Morgan fingerprint density at radius 3 is 1.73 bits per heavy atom. The first-order chi connectivity index (χ1) is 18.4. The molecule has 1 atom stereocenters. The monoisotopic (exact) mass is 593 g/mol. The molecule has 10 heteroatoms. The van der Waals surface area contributed by atoms with Crippen LogP contribution < -0.4 is 0 Å². The highest BCUT2D eigenvalue weighted by atomic mass is 28.4. The number of carbonyl (C=O) groups excluding carboxylic acids is 1. The summed E-state index contributed by atoms with van der Waals surface area (Å²) < 4.78 is 24.1. The van der Waals surface area contributed by atoms with E-state index in [4.69, 9.17) is 18.0 Å². The fourth-order valence-electron chi connectivity index (χ4n) is 6.86. The molecule has 0 aliphatic rings. The average molecular weight is 594 g/mol. The van der Waals surface area contributed by atoms with Gasteiger partial charge in [-0.1, -0.05) is 83.1 Å². The highest BCUT2D eigenvalue weighted by Crippen LogP contribution is 2.48. The molecule has 0 bridgehead atoms. The molecule has 1 aromatic rings. The number of nitrogens with zero attached hydrogens (tertiary/aromatic N) is 2. The average Bonchev–Trinajstić information content (AvgIpc) is 3.33. The van der Waals surface area contributed by atoms with Gasteiger partial charge in [0.15, 0.2) is 16.5 Å². The van der Waals surface area contributed by atoms with Gasteiger partial charge < -0.3 is 23.1 Å². The number of ether oxygens (including phenoxy) is 1. The van der Waals surface area contributed by atoms with Crippen molar-refractivity contribution in [2.45, 2.75) is 129 Å². The molecule has 0 amide bonds. The van der Waals surface area contributed by atoms with Crippen LogP contribution in [0.5, 0.6) is 0 Å². The molecule has 1 N–H and O–H groups in total. The molecule has 1 rings (SSSR count). The highest BCUT2D eigenvalue weighted by Gasteiger charge is 2.50. The van der Waals surface area contributed by atoms with Crippen molar-refractivity contribution in [1.29, 1.82) is 5.39 Å². The van der Waals surface area contributed by atoms with Gasteiger partial charge in [0.05, 0.1) is 19.5 Å². The van der Waals surface area contributed by atoms with Gasteiger partial charge in [0.1, 0.15) is 11.8 Å². The second kappa shape index (κ2) is 14.5. The predicted molar refractivity (Wildman–Crippen MR) is 166 cm³/mol. The van der Waals surface area contributed by atoms with Crippen LogP contribution in [0.25, 0.3) is 4.98 Å². The molecule has 8 nitrogen and oxygen atoms in total. The first-order valence-corrected chi connectivity index (χ1v) is 18.7. The van der Waals surface area contributed by atoms with Gasteiger partial charge in [-0.15, -0.1) is 0 Å². The molecule has 1 aromatic heterocycles. The third-order valence-electron chi connectivity index (χ3n) is 8.52. The van der Waals surface area contributed by atoms with Crippen molar-refractivity contribution in [2.24, 2.45) is 0 Å². The number of esters is 1. The molecule has 0 fully saturated rings. The van der Waals surface area contributed by atoms with Crippen LogP contribution in [0.3, 0.4) is 0 Å². The second-order valence-corrected chi connectivity index (χ2v) is 23.4. The van der Waals surface area contributed by atoms with Crippen LogP contribution in [0.15, 0.2) is 40.7 Å². The number of furan rings is 1. The number of diazo groups is 1. The number of carbonyl (C=O) groups is 1. The first-order valence-electron chi connectivity index (χ1n) is 14.4. The molecular formula is C30H53N2O6Si2+. The summed E-state index contributed by atoms with van der Waals surface area (Å²) in [6.45, 7) is 29.9. The van der Waals surface area contributed by atoms with E-state index in [1.54, 1.807) is 0 Å². The Morgan fingerprint density at radius 2 is 1.35 bits per heavy atom. The SMILES string of the molecule is C=C(O[Si](C(C)C)(C(C)C)C(C)C)/C([N+]#N)=C(\O)CC(O[Si](C(C)C)(C(C)C)C(C)C)c1cocc1C(=O)OC. The van der Waals surface area contributed by atoms with Crippen molar-refractivity contribution in [3.8, 4) is 0 Å². The van der Waals surface area contributed by atoms with Gasteiger partial charge in [0, 0.05) is 12.0 Å². The molecule has 0 saturated heterocycles. The fraction of sp³-hybridized carbons (Fsp3) is 0.700. The van der Waals surface area contributed by atoms with Crippen LogP contribution in [-0.2, 0) is 13.6 Å². The molecule has 0 aromatic carbocycles. The summed E-state index contributed by atoms with van der Waals surface area (Å²) in [4.78, 5) is 16.0. The van der Waals surface area contributed by atoms with E-state index in [0.717, 1.165) is 0 Å². The van der Waals surface area contributed by atoms with E-state index in [-0.39, 0.29) is 62.4 Å². The van der Waals surface area contributed by atoms with Crippen molar-refractivity contribution < 1.29 is 27.9 Å². The summed E-state index contributed by atoms with van der Waals surface area (Å²) in [5.74, 6) is -0.678. The minimum atomic E-state index is -2.50. The van der Waals surface area contributed by atoms with Gasteiger partial charge in [-0.3, -0.25) is 0 Å². The minimum Gasteiger partial charge on any atom is -0.538 e. The summed E-state index contributed by atoms with van der Waals surface area (Å²) in [7, 11) is -3.64. The van der Waals surface area contributed by atoms with E-state index in [2.05, 4.69) is 94.6 Å². The zero-order valence-corrected chi connectivity index (χ0v) is 29.0. The Morgan fingerprint density at radius 1 is 0.900 bits per heavy atom. The molecule has 0 radical (unpaired) electrons. The summed E-state index contributed by atoms with van der Waals surface area (Å²) in [5.41, 5.74) is 2.06. The van der Waals surface area contributed by atoms with Gasteiger partial charge in [-0.2, -0.15) is 0 Å². The molecule has 0 aliphatic carbocycles. The highest BCUT2D eigenvalue weighted by molar-refractivity contribution is 6.78. The van der Waals surface area contributed by atoms with Crippen LogP contribution in [0.1, 0.15) is 112 Å². The zero-order chi connectivity index (χ0) is 31.2. The van der Waals surface area contributed by atoms with E-state index >= 15 is 0 Å². The minimum absolute atomic E-state index is 0.0776. The topological polar surface area (TPSA) is 106 Å². The van der Waals surface area contributed by atoms with E-state index in [0.29, 0.717) is 5.56 Å². The lowest BCUT2D eigenvalue weighted by Gasteiger charge is -2.44. The maximum absolute atomic E-state index is 12.6. The third kappa shape index (κ3) is 7.10. The van der Waals surface area contributed by atoms with Crippen LogP contribution >= 0.6 is 0 Å². The summed E-state index contributed by atoms with van der Waals surface area (Å²) in [5, 5.41) is 21.5. The van der Waals surface area contributed by atoms with E-state index in [1.807, 2.05) is 0 Å². The van der Waals surface area contributed by atoms with Gasteiger partial charge in [0.2, 0.25) is 13.7 Å². The molecule has 0 spiro atoms. The number of hydrogen-bond acceptors (Lipinski definition) is 7. The smallest absolute Gasteiger partial charge is 0.461 e. The van der Waals surface area contributed by atoms with Crippen LogP contribution in [0.2, 0.25) is 33.2 Å². The van der Waals surface area contributed by atoms with Gasteiger partial charge in [0.25, 0.3) is 8.32 Å². The van der Waals surface area contributed by atoms with E-state index < -0.39 is 28.7 Å². The lowest BCUT2D eigenvalue weighted by molar-refractivity contribution is 0.0592. The number of aliphatic hydroxyl groups excluding tert-OH is 1. The van der Waals surface area contributed by atoms with Gasteiger partial charge in [-0.05, 0) is 39.8 Å². The lowest BCUT2D eigenvalue weighted by atomic mass is 10.0. The van der Waals surface area contributed by atoms with Crippen molar-refractivity contribution in [3.63, 3.8) is 0 Å². The predicted octanol–water partition coefficient (Wildman–Crippen LogP) is 10.0. The van der Waals surface area contributed by atoms with Crippen molar-refractivity contribution in [2.75, 3.05) is 7.11 Å². The summed E-state index contributed by atoms with van der Waals surface area (Å²) in [6.07, 6.45) is 1.94. The van der Waals surface area contributed by atoms with Crippen molar-refractivity contribution >= 4 is 22.6 Å². The maximum atomic E-state index is 12.6. The number of rotatable bonds is 15. The molecular weight excluding hydrogens is 541 g/mol. The number of methoxy groups -OCH3 is 1. The van der Waals surface area contributed by atoms with Gasteiger partial charge >= 0.3 is 11.7 Å². The van der Waals surface area contributed by atoms with Crippen LogP contribution in [-0.4, -0.2) is 34.8 Å². The molecule has 1 unspecified atom stereocenters. The fourth-order valence-corrected chi connectivity index (χ4v) is 17.6. The Kier molecular flexibility index (Phi) is 12.9. The molecule has 0 saturated carbocycles. The molecule has 1 heterocycles. The van der Waals surface area contributed by atoms with Crippen molar-refractivity contribution in [1.82, 2.24) is 0 Å². The second-order valence-electron chi connectivity index (χ2n) is 12.6. The Balaban J connectivity index is 3.74. The Hall–Kier alpha value is -2.36. The number of aliphatic hydroxyl groups is 1. The summed E-state index contributed by atoms with van der Waals surface area (Å²) >= 11 is 0. The van der Waals surface area contributed by atoms with Crippen LogP contribution in [0.4, 0.5) is 0 Å². The Bertz CT molecular complexity index is 1040. The largest absolute Gasteiger partial charge is 0.538 e. The lowest BCUT2D eigenvalue weighted by Crippen LogP contribution is -2.48. The summed E-state index contributed by atoms with van der Waals surface area (Å²) in [6, 6.07) is 0. The first kappa shape index (κ1) is 35.7. The van der Waals surface area contributed by atoms with E-state index in [1.165, 1.54) is 19.6 Å². The maximum Gasteiger partial charge on any atom is 0.461 e. The third-order valence-corrected chi connectivity index (χ3v) is 20.6. The van der Waals surface area contributed by atoms with Crippen LogP contribution in [0, 0.1) is 5.39 Å². The Labute approximate surface area is 244 Å². The number of hydrogen-bond donors (Lipinski definition) is 1. The standard InChI is InChI=1S/C30H52N2O6Si2/c1-18(2)39(19(3)4,20(5)6)37-24(13)29(32-31)27(33)15-28(25-16-36-17-26(25)30(34)35-14)38-40(21(7)8,22(9)10)23(11)12/h16-23,28H,13,15H2,1-12,14H3/p+1/b29-27+. The molecule has 0 aliphatic heterocycles. The van der Waals surface area contributed by atoms with Crippen molar-refractivity contribution in [3.05, 3.63) is 52.4 Å². The quantitative estimate of drug-likeness (QED) is 0.0709.